The quantitative estimate of drug-likeness (QED) is 0.171. The minimum absolute atomic E-state index is 0.0862. The number of nitriles is 2. The monoisotopic (exact) mass is 717 g/mol. The number of hydrogen-bond donors (Lipinski definition) is 0. The van der Waals surface area contributed by atoms with Crippen LogP contribution >= 0.6 is 0 Å². The van der Waals surface area contributed by atoms with Crippen molar-refractivity contribution >= 4 is 0 Å². The van der Waals surface area contributed by atoms with Crippen LogP contribution in [0.3, 0.4) is 0 Å². The molecule has 1 heterocycles. The fraction of sp³-hybridized carbons (Fsp3) is 0.0784. The molecule has 1 aromatic heterocycles. The molecule has 2 atom stereocenters. The van der Waals surface area contributed by atoms with Crippen LogP contribution in [-0.4, -0.2) is 15.0 Å². The highest BCUT2D eigenvalue weighted by atomic mass is 15.0. The molecule has 8 aromatic rings. The smallest absolute Gasteiger partial charge is 0.164 e. The predicted molar refractivity (Wildman–Crippen MR) is 223 cm³/mol. The van der Waals surface area contributed by atoms with Gasteiger partial charge < -0.3 is 0 Å². The van der Waals surface area contributed by atoms with Crippen molar-refractivity contribution in [2.45, 2.75) is 25.7 Å². The second-order valence-electron chi connectivity index (χ2n) is 14.3. The molecule has 2 unspecified atom stereocenters. The van der Waals surface area contributed by atoms with Gasteiger partial charge in [0.2, 0.25) is 0 Å². The van der Waals surface area contributed by atoms with Gasteiger partial charge in [-0.25, -0.2) is 15.0 Å². The SMILES string of the molecule is Cc1cc(C#N)c(-c2ccc(-c3nc(-c4ccccc4)nc(-c4cccc(-c5ccccc5)c4)n3)cc2)cc1C1c2ccccc2C(C)c2ccc(C#N)cc21. The zero-order valence-corrected chi connectivity index (χ0v) is 31.0. The van der Waals surface area contributed by atoms with Crippen molar-refractivity contribution in [3.8, 4) is 68.6 Å². The van der Waals surface area contributed by atoms with Gasteiger partial charge >= 0.3 is 0 Å². The van der Waals surface area contributed by atoms with E-state index in [-0.39, 0.29) is 11.8 Å². The van der Waals surface area contributed by atoms with E-state index in [1.165, 1.54) is 16.7 Å². The molecule has 264 valence electrons. The Morgan fingerprint density at radius 2 is 0.982 bits per heavy atom. The Bertz CT molecular complexity index is 2850. The van der Waals surface area contributed by atoms with E-state index < -0.39 is 0 Å². The van der Waals surface area contributed by atoms with E-state index >= 15 is 0 Å². The fourth-order valence-corrected chi connectivity index (χ4v) is 8.11. The number of nitrogens with zero attached hydrogens (tertiary/aromatic N) is 5. The summed E-state index contributed by atoms with van der Waals surface area (Å²) in [7, 11) is 0. The third kappa shape index (κ3) is 6.22. The van der Waals surface area contributed by atoms with Crippen LogP contribution in [0.5, 0.6) is 0 Å². The first-order chi connectivity index (χ1) is 27.5. The molecule has 0 N–H and O–H groups in total. The molecule has 0 radical (unpaired) electrons. The molecule has 7 aromatic carbocycles. The summed E-state index contributed by atoms with van der Waals surface area (Å²) in [6.45, 7) is 4.31. The van der Waals surface area contributed by atoms with Crippen molar-refractivity contribution in [3.05, 3.63) is 208 Å². The van der Waals surface area contributed by atoms with Crippen molar-refractivity contribution in [1.82, 2.24) is 15.0 Å². The molecule has 0 saturated heterocycles. The van der Waals surface area contributed by atoms with Crippen LogP contribution < -0.4 is 0 Å². The van der Waals surface area contributed by atoms with Crippen LogP contribution in [0, 0.1) is 29.6 Å². The van der Waals surface area contributed by atoms with Gasteiger partial charge in [-0.1, -0.05) is 140 Å². The molecular weight excluding hydrogens is 683 g/mol. The van der Waals surface area contributed by atoms with Crippen molar-refractivity contribution in [2.24, 2.45) is 0 Å². The maximum Gasteiger partial charge on any atom is 0.164 e. The Kier molecular flexibility index (Phi) is 8.82. The lowest BCUT2D eigenvalue weighted by Crippen LogP contribution is -2.19. The van der Waals surface area contributed by atoms with Crippen LogP contribution in [0.1, 0.15) is 63.3 Å². The summed E-state index contributed by atoms with van der Waals surface area (Å²) in [4.78, 5) is 14.9. The van der Waals surface area contributed by atoms with Gasteiger partial charge in [-0.15, -0.1) is 0 Å². The summed E-state index contributed by atoms with van der Waals surface area (Å²) in [5, 5.41) is 20.3. The minimum Gasteiger partial charge on any atom is -0.208 e. The van der Waals surface area contributed by atoms with Crippen LogP contribution in [0.4, 0.5) is 0 Å². The number of fused-ring (bicyclic) bond motifs is 2. The maximum atomic E-state index is 10.4. The van der Waals surface area contributed by atoms with Crippen molar-refractivity contribution in [1.29, 1.82) is 10.5 Å². The number of aromatic nitrogens is 3. The van der Waals surface area contributed by atoms with E-state index in [9.17, 15) is 10.5 Å². The Hall–Kier alpha value is -7.47. The van der Waals surface area contributed by atoms with Crippen LogP contribution in [0.15, 0.2) is 164 Å². The summed E-state index contributed by atoms with van der Waals surface area (Å²) < 4.78 is 0. The van der Waals surface area contributed by atoms with Crippen LogP contribution in [-0.2, 0) is 0 Å². The fourth-order valence-electron chi connectivity index (χ4n) is 8.11. The second kappa shape index (κ2) is 14.4. The van der Waals surface area contributed by atoms with E-state index in [1.54, 1.807) is 0 Å². The van der Waals surface area contributed by atoms with Crippen molar-refractivity contribution < 1.29 is 0 Å². The average Bonchev–Trinajstić information content (AvgIpc) is 3.27. The number of rotatable bonds is 6. The minimum atomic E-state index is -0.0862. The van der Waals surface area contributed by atoms with Gasteiger partial charge in [-0.05, 0) is 92.9 Å². The highest BCUT2D eigenvalue weighted by molar-refractivity contribution is 5.77. The maximum absolute atomic E-state index is 10.4. The molecule has 0 aliphatic heterocycles. The van der Waals surface area contributed by atoms with E-state index in [4.69, 9.17) is 15.0 Å². The average molecular weight is 718 g/mol. The van der Waals surface area contributed by atoms with Crippen molar-refractivity contribution in [3.63, 3.8) is 0 Å². The first-order valence-electron chi connectivity index (χ1n) is 18.7. The van der Waals surface area contributed by atoms with Gasteiger partial charge in [0.15, 0.2) is 17.5 Å². The Morgan fingerprint density at radius 3 is 1.66 bits per heavy atom. The zero-order chi connectivity index (χ0) is 38.2. The molecule has 5 nitrogen and oxygen atoms in total. The standard InChI is InChI=1S/C51H35N5/c1-32-26-41(31-53)46(29-45(32)48-44-19-10-9-18-42(44)33(2)43-25-20-34(30-52)27-47(43)48)36-21-23-38(24-22-36)50-54-49(37-14-7-4-8-15-37)55-51(56-50)40-17-11-16-39(28-40)35-12-5-3-6-13-35/h3-29,33,48H,1-2H3. The Labute approximate surface area is 326 Å². The molecule has 0 fully saturated rings. The summed E-state index contributed by atoms with van der Waals surface area (Å²) in [5.74, 6) is 1.86. The van der Waals surface area contributed by atoms with Gasteiger partial charge in [0, 0.05) is 28.5 Å². The molecular formula is C51H35N5. The molecule has 1 aliphatic rings. The topological polar surface area (TPSA) is 86.2 Å². The lowest BCUT2D eigenvalue weighted by Gasteiger charge is -2.34. The van der Waals surface area contributed by atoms with E-state index in [0.717, 1.165) is 55.6 Å². The number of hydrogen-bond acceptors (Lipinski definition) is 5. The van der Waals surface area contributed by atoms with Gasteiger partial charge in [0.25, 0.3) is 0 Å². The van der Waals surface area contributed by atoms with Crippen molar-refractivity contribution in [2.75, 3.05) is 0 Å². The molecule has 5 heteroatoms. The number of aryl methyl sites for hydroxylation is 1. The van der Waals surface area contributed by atoms with Crippen LogP contribution in [0.2, 0.25) is 0 Å². The first kappa shape index (κ1) is 34.3. The van der Waals surface area contributed by atoms with Crippen LogP contribution in [0.25, 0.3) is 56.4 Å². The lowest BCUT2D eigenvalue weighted by atomic mass is 9.69. The third-order valence-electron chi connectivity index (χ3n) is 11.0. The molecule has 0 amide bonds. The predicted octanol–water partition coefficient (Wildman–Crippen LogP) is 11.9. The summed E-state index contributed by atoms with van der Waals surface area (Å²) >= 11 is 0. The zero-order valence-electron chi connectivity index (χ0n) is 31.0. The van der Waals surface area contributed by atoms with Gasteiger partial charge in [0.1, 0.15) is 0 Å². The largest absolute Gasteiger partial charge is 0.208 e. The summed E-state index contributed by atoms with van der Waals surface area (Å²) in [5.41, 5.74) is 14.9. The Balaban J connectivity index is 1.14. The van der Waals surface area contributed by atoms with E-state index in [1.807, 2.05) is 103 Å². The van der Waals surface area contributed by atoms with Gasteiger partial charge in [-0.3, -0.25) is 0 Å². The normalized spacial score (nSPS) is 14.2. The molecule has 0 bridgehead atoms. The molecule has 1 aliphatic carbocycles. The Morgan fingerprint density at radius 1 is 0.429 bits per heavy atom. The first-order valence-corrected chi connectivity index (χ1v) is 18.7. The molecule has 56 heavy (non-hydrogen) atoms. The highest BCUT2D eigenvalue weighted by Crippen LogP contribution is 2.48. The number of benzene rings is 7. The summed E-state index contributed by atoms with van der Waals surface area (Å²) in [6, 6.07) is 60.4. The second-order valence-corrected chi connectivity index (χ2v) is 14.3. The lowest BCUT2D eigenvalue weighted by molar-refractivity contribution is 0.791. The molecule has 9 rings (SSSR count). The molecule has 0 spiro atoms. The molecule has 0 saturated carbocycles. The third-order valence-corrected chi connectivity index (χ3v) is 11.0. The van der Waals surface area contributed by atoms with E-state index in [0.29, 0.717) is 28.6 Å². The van der Waals surface area contributed by atoms with Gasteiger partial charge in [0.05, 0.1) is 23.3 Å². The van der Waals surface area contributed by atoms with E-state index in [2.05, 4.69) is 86.6 Å². The highest BCUT2D eigenvalue weighted by Gasteiger charge is 2.32. The van der Waals surface area contributed by atoms with Gasteiger partial charge in [-0.2, -0.15) is 10.5 Å². The summed E-state index contributed by atoms with van der Waals surface area (Å²) in [6.07, 6.45) is 0.